The van der Waals surface area contributed by atoms with Crippen LogP contribution in [0, 0.1) is 9.39 Å². The van der Waals surface area contributed by atoms with Gasteiger partial charge in [0.2, 0.25) is 11.8 Å². The zero-order valence-electron chi connectivity index (χ0n) is 18.2. The largest absolute Gasteiger partial charge is 0.493 e. The average Bonchev–Trinajstić information content (AvgIpc) is 3.46. The first kappa shape index (κ1) is 24.9. The number of aromatic nitrogens is 2. The van der Waals surface area contributed by atoms with Crippen LogP contribution >= 0.6 is 33.9 Å². The Labute approximate surface area is 217 Å². The molecule has 0 aliphatic heterocycles. The van der Waals surface area contributed by atoms with Gasteiger partial charge in [0.1, 0.15) is 29.9 Å². The van der Waals surface area contributed by atoms with Crippen LogP contribution in [0.4, 0.5) is 10.1 Å². The normalized spacial score (nSPS) is 11.9. The lowest BCUT2D eigenvalue weighted by Crippen LogP contribution is -2.33. The molecule has 0 aliphatic carbocycles. The Bertz CT molecular complexity index is 1370. The molecule has 0 spiro atoms. The number of aromatic amines is 1. The fraction of sp³-hybridized carbons (Fsp3) is 0.167. The number of thiophene rings is 1. The summed E-state index contributed by atoms with van der Waals surface area (Å²) in [6.07, 6.45) is 0.119. The summed E-state index contributed by atoms with van der Waals surface area (Å²) >= 11 is 3.37. The van der Waals surface area contributed by atoms with E-state index in [9.17, 15) is 19.1 Å². The summed E-state index contributed by atoms with van der Waals surface area (Å²) in [5, 5.41) is 24.3. The van der Waals surface area contributed by atoms with Gasteiger partial charge in [0.25, 0.3) is 0 Å². The second-order valence-corrected chi connectivity index (χ2v) is 9.79. The highest BCUT2D eigenvalue weighted by atomic mass is 127. The Morgan fingerprint density at radius 3 is 2.66 bits per heavy atom. The van der Waals surface area contributed by atoms with E-state index in [0.29, 0.717) is 14.9 Å². The van der Waals surface area contributed by atoms with Crippen LogP contribution in [-0.2, 0) is 11.2 Å². The summed E-state index contributed by atoms with van der Waals surface area (Å²) in [7, 11) is 0. The van der Waals surface area contributed by atoms with E-state index in [-0.39, 0.29) is 31.0 Å². The molecule has 0 saturated heterocycles. The van der Waals surface area contributed by atoms with Gasteiger partial charge in [-0.25, -0.2) is 13.8 Å². The molecule has 8 nitrogen and oxygen atoms in total. The number of nitrogens with zero attached hydrogens (tertiary/aromatic N) is 1. The number of imidazole rings is 1. The predicted molar refractivity (Wildman–Crippen MR) is 140 cm³/mol. The monoisotopic (exact) mass is 609 g/mol. The van der Waals surface area contributed by atoms with E-state index in [1.807, 2.05) is 40.1 Å². The number of halogens is 2. The van der Waals surface area contributed by atoms with E-state index in [2.05, 4.69) is 10.3 Å². The molecular weight excluding hydrogens is 588 g/mol. The number of carbonyl (C=O) groups is 1. The molecule has 4 N–H and O–H groups in total. The standard InChI is InChI=1S/C24H21FIN3O5S/c25-18-12-15(26)5-8-19(18)27-22(31)20(13-17-2-1-11-35-17)29-23(32)21(28-24(29)33)14-3-6-16(7-4-14)34-10-9-30/h1-8,11-12,20,30,32H,9-10,13H2,(H,27,31)(H,28,33)/t20-/m0/s1. The molecule has 0 fully saturated rings. The molecule has 4 rings (SSSR count). The molecule has 0 bridgehead atoms. The number of anilines is 1. The van der Waals surface area contributed by atoms with Crippen molar-refractivity contribution in [3.63, 3.8) is 0 Å². The molecule has 2 aromatic carbocycles. The van der Waals surface area contributed by atoms with Gasteiger partial charge in [0.15, 0.2) is 0 Å². The minimum atomic E-state index is -1.14. The topological polar surface area (TPSA) is 117 Å². The Balaban J connectivity index is 1.68. The molecule has 2 aromatic heterocycles. The number of hydrogen-bond acceptors (Lipinski definition) is 6. The van der Waals surface area contributed by atoms with E-state index in [4.69, 9.17) is 9.84 Å². The average molecular weight is 609 g/mol. The maximum Gasteiger partial charge on any atom is 0.329 e. The van der Waals surface area contributed by atoms with Gasteiger partial charge < -0.3 is 25.3 Å². The van der Waals surface area contributed by atoms with Crippen LogP contribution in [0.25, 0.3) is 11.3 Å². The highest BCUT2D eigenvalue weighted by Crippen LogP contribution is 2.31. The van der Waals surface area contributed by atoms with Crippen LogP contribution in [0.15, 0.2) is 64.8 Å². The molecule has 182 valence electrons. The van der Waals surface area contributed by atoms with Gasteiger partial charge in [-0.3, -0.25) is 4.79 Å². The number of aromatic hydroxyl groups is 1. The Kier molecular flexibility index (Phi) is 7.88. The van der Waals surface area contributed by atoms with Crippen molar-refractivity contribution >= 4 is 45.5 Å². The van der Waals surface area contributed by atoms with E-state index in [1.165, 1.54) is 23.5 Å². The van der Waals surface area contributed by atoms with Crippen LogP contribution < -0.4 is 15.7 Å². The fourth-order valence-electron chi connectivity index (χ4n) is 3.54. The number of rotatable bonds is 9. The fourth-order valence-corrected chi connectivity index (χ4v) is 4.74. The van der Waals surface area contributed by atoms with E-state index < -0.39 is 29.3 Å². The Morgan fingerprint density at radius 2 is 2.00 bits per heavy atom. The maximum atomic E-state index is 14.4. The highest BCUT2D eigenvalue weighted by Gasteiger charge is 2.29. The first-order valence-electron chi connectivity index (χ1n) is 10.5. The van der Waals surface area contributed by atoms with Crippen molar-refractivity contribution in [1.82, 2.24) is 9.55 Å². The molecule has 35 heavy (non-hydrogen) atoms. The second kappa shape index (κ2) is 11.1. The van der Waals surface area contributed by atoms with Gasteiger partial charge in [0, 0.05) is 20.4 Å². The predicted octanol–water partition coefficient (Wildman–Crippen LogP) is 4.15. The maximum absolute atomic E-state index is 14.4. The molecule has 1 atom stereocenters. The molecule has 0 unspecified atom stereocenters. The van der Waals surface area contributed by atoms with Gasteiger partial charge in [-0.1, -0.05) is 6.07 Å². The second-order valence-electron chi connectivity index (χ2n) is 7.51. The van der Waals surface area contributed by atoms with Crippen molar-refractivity contribution in [2.24, 2.45) is 0 Å². The number of nitrogens with one attached hydrogen (secondary N) is 2. The third kappa shape index (κ3) is 5.74. The summed E-state index contributed by atoms with van der Waals surface area (Å²) in [6, 6.07) is 13.4. The van der Waals surface area contributed by atoms with Gasteiger partial charge >= 0.3 is 5.69 Å². The minimum Gasteiger partial charge on any atom is -0.493 e. The third-order valence-corrected chi connectivity index (χ3v) is 6.75. The van der Waals surface area contributed by atoms with Crippen molar-refractivity contribution in [1.29, 1.82) is 0 Å². The lowest BCUT2D eigenvalue weighted by atomic mass is 10.1. The Hall–Kier alpha value is -3.16. The first-order valence-corrected chi connectivity index (χ1v) is 12.5. The summed E-state index contributed by atoms with van der Waals surface area (Å²) in [4.78, 5) is 29.6. The van der Waals surface area contributed by atoms with Gasteiger partial charge in [-0.05, 0) is 76.5 Å². The summed E-state index contributed by atoms with van der Waals surface area (Å²) in [5.74, 6) is -1.15. The van der Waals surface area contributed by atoms with Crippen LogP contribution in [0.5, 0.6) is 11.6 Å². The number of H-pyrrole nitrogens is 1. The smallest absolute Gasteiger partial charge is 0.329 e. The first-order chi connectivity index (χ1) is 16.9. The minimum absolute atomic E-state index is 0.0200. The lowest BCUT2D eigenvalue weighted by molar-refractivity contribution is -0.119. The van der Waals surface area contributed by atoms with Crippen molar-refractivity contribution in [2.75, 3.05) is 18.5 Å². The van der Waals surface area contributed by atoms with Crippen molar-refractivity contribution in [2.45, 2.75) is 12.5 Å². The number of aliphatic hydroxyl groups excluding tert-OH is 1. The number of ether oxygens (including phenoxy) is 1. The van der Waals surface area contributed by atoms with E-state index in [1.54, 1.807) is 30.3 Å². The van der Waals surface area contributed by atoms with E-state index >= 15 is 0 Å². The van der Waals surface area contributed by atoms with Gasteiger partial charge in [-0.2, -0.15) is 0 Å². The van der Waals surface area contributed by atoms with Gasteiger partial charge in [-0.15, -0.1) is 11.3 Å². The third-order valence-electron chi connectivity index (χ3n) is 5.18. The molecule has 4 aromatic rings. The molecule has 11 heteroatoms. The van der Waals surface area contributed by atoms with Crippen LogP contribution in [-0.4, -0.2) is 38.9 Å². The summed E-state index contributed by atoms with van der Waals surface area (Å²) < 4.78 is 21.4. The van der Waals surface area contributed by atoms with Crippen molar-refractivity contribution < 1.29 is 24.1 Å². The number of hydrogen-bond donors (Lipinski definition) is 4. The van der Waals surface area contributed by atoms with Crippen LogP contribution in [0.1, 0.15) is 10.9 Å². The lowest BCUT2D eigenvalue weighted by Gasteiger charge is -2.18. The summed E-state index contributed by atoms with van der Waals surface area (Å²) in [6.45, 7) is 0.0109. The van der Waals surface area contributed by atoms with Crippen LogP contribution in [0.3, 0.4) is 0 Å². The number of benzene rings is 2. The molecule has 2 heterocycles. The number of amides is 1. The number of aliphatic hydroxyl groups is 1. The quantitative estimate of drug-likeness (QED) is 0.213. The zero-order valence-corrected chi connectivity index (χ0v) is 21.2. The van der Waals surface area contributed by atoms with Gasteiger partial charge in [0.05, 0.1) is 12.3 Å². The molecular formula is C24H21FIN3O5S. The zero-order chi connectivity index (χ0) is 24.9. The molecule has 0 saturated carbocycles. The SMILES string of the molecule is O=C(Nc1ccc(I)cc1F)[C@H](Cc1cccs1)n1c(O)c(-c2ccc(OCCO)cc2)[nH]c1=O. The van der Waals surface area contributed by atoms with E-state index in [0.717, 1.165) is 9.44 Å². The molecule has 0 aliphatic rings. The Morgan fingerprint density at radius 1 is 1.23 bits per heavy atom. The molecule has 1 amide bonds. The van der Waals surface area contributed by atoms with Crippen molar-refractivity contribution in [3.8, 4) is 22.9 Å². The van der Waals surface area contributed by atoms with Crippen LogP contribution in [0.2, 0.25) is 0 Å². The molecule has 0 radical (unpaired) electrons. The van der Waals surface area contributed by atoms with Crippen molar-refractivity contribution in [3.05, 3.63) is 84.7 Å². The number of carbonyl (C=O) groups excluding carboxylic acids is 1. The highest BCUT2D eigenvalue weighted by molar-refractivity contribution is 14.1. The summed E-state index contributed by atoms with van der Waals surface area (Å²) in [5.41, 5.74) is -0.0759.